The van der Waals surface area contributed by atoms with Gasteiger partial charge in [0.1, 0.15) is 18.5 Å². The topological polar surface area (TPSA) is 56.2 Å². The molecule has 2 saturated heterocycles. The van der Waals surface area contributed by atoms with E-state index in [2.05, 4.69) is 68.2 Å². The molecule has 2 atom stereocenters. The summed E-state index contributed by atoms with van der Waals surface area (Å²) >= 11 is 0. The fraction of sp³-hybridized carbons (Fsp3) is 0.448. The van der Waals surface area contributed by atoms with Crippen molar-refractivity contribution in [2.75, 3.05) is 46.3 Å². The fourth-order valence-electron chi connectivity index (χ4n) is 6.30. The number of rotatable bonds is 6. The maximum atomic E-state index is 13.6. The number of piperidine rings is 1. The summed E-state index contributed by atoms with van der Waals surface area (Å²) in [5.74, 6) is 0.268. The van der Waals surface area contributed by atoms with Gasteiger partial charge in [-0.25, -0.2) is 4.39 Å². The first kappa shape index (κ1) is 24.3. The molecule has 0 radical (unpaired) electrons. The van der Waals surface area contributed by atoms with Crippen LogP contribution in [0.5, 0.6) is 0 Å². The van der Waals surface area contributed by atoms with Gasteiger partial charge in [-0.1, -0.05) is 19.1 Å². The second-order valence-electron chi connectivity index (χ2n) is 10.8. The van der Waals surface area contributed by atoms with Crippen molar-refractivity contribution >= 4 is 10.9 Å². The lowest BCUT2D eigenvalue weighted by atomic mass is 9.94. The highest BCUT2D eigenvalue weighted by atomic mass is 19.1. The third kappa shape index (κ3) is 5.06. The van der Waals surface area contributed by atoms with Gasteiger partial charge in [0.25, 0.3) is 0 Å². The number of likely N-dealkylation sites (tertiary alicyclic amines) is 1. The van der Waals surface area contributed by atoms with E-state index in [0.29, 0.717) is 18.0 Å². The van der Waals surface area contributed by atoms with Crippen LogP contribution >= 0.6 is 0 Å². The minimum Gasteiger partial charge on any atom is -0.361 e. The van der Waals surface area contributed by atoms with Crippen LogP contribution in [0.1, 0.15) is 42.9 Å². The number of H-pyrrole nitrogens is 1. The molecule has 2 aliphatic rings. The van der Waals surface area contributed by atoms with Gasteiger partial charge < -0.3 is 14.8 Å². The molecule has 2 aromatic carbocycles. The van der Waals surface area contributed by atoms with Crippen molar-refractivity contribution in [2.45, 2.75) is 37.8 Å². The summed E-state index contributed by atoms with van der Waals surface area (Å²) in [5, 5.41) is 9.17. The number of nitrogens with one attached hydrogen (secondary N) is 1. The fourth-order valence-corrected chi connectivity index (χ4v) is 6.30. The Morgan fingerprint density at radius 2 is 1.76 bits per heavy atom. The number of nitrogens with zero attached hydrogens (tertiary/aromatic N) is 6. The van der Waals surface area contributed by atoms with Gasteiger partial charge in [-0.3, -0.25) is 9.47 Å². The SMILES string of the molecule is CC(CN1CCC(N2CCN(C)CC2c2ccc(F)cc2)CC1)c1c[nH]c2ccc(-n3cnnc3)cc12. The number of hydrogen-bond donors (Lipinski definition) is 1. The number of likely N-dealkylation sites (N-methyl/N-ethyl adjacent to an activating group) is 1. The van der Waals surface area contributed by atoms with Crippen LogP contribution in [-0.4, -0.2) is 86.8 Å². The summed E-state index contributed by atoms with van der Waals surface area (Å²) in [7, 11) is 2.19. The van der Waals surface area contributed by atoms with E-state index in [1.54, 1.807) is 24.8 Å². The number of benzene rings is 2. The van der Waals surface area contributed by atoms with Gasteiger partial charge in [0.2, 0.25) is 0 Å². The molecular weight excluding hydrogens is 465 g/mol. The molecule has 37 heavy (non-hydrogen) atoms. The molecule has 2 fully saturated rings. The van der Waals surface area contributed by atoms with E-state index >= 15 is 0 Å². The van der Waals surface area contributed by atoms with Crippen molar-refractivity contribution in [3.63, 3.8) is 0 Å². The van der Waals surface area contributed by atoms with Crippen LogP contribution in [0.15, 0.2) is 61.3 Å². The van der Waals surface area contributed by atoms with Crippen molar-refractivity contribution in [1.82, 2.24) is 34.4 Å². The van der Waals surface area contributed by atoms with Crippen LogP contribution in [-0.2, 0) is 0 Å². The van der Waals surface area contributed by atoms with E-state index in [-0.39, 0.29) is 5.82 Å². The molecule has 7 nitrogen and oxygen atoms in total. The lowest BCUT2D eigenvalue weighted by Gasteiger charge is -2.47. The molecule has 4 aromatic rings. The zero-order valence-electron chi connectivity index (χ0n) is 21.7. The quantitative estimate of drug-likeness (QED) is 0.423. The summed E-state index contributed by atoms with van der Waals surface area (Å²) in [4.78, 5) is 11.2. The summed E-state index contributed by atoms with van der Waals surface area (Å²) in [5.41, 5.74) is 4.84. The van der Waals surface area contributed by atoms with Gasteiger partial charge in [0.05, 0.1) is 0 Å². The van der Waals surface area contributed by atoms with Crippen molar-refractivity contribution in [1.29, 1.82) is 0 Å². The first-order valence-electron chi connectivity index (χ1n) is 13.4. The van der Waals surface area contributed by atoms with Crippen LogP contribution in [0, 0.1) is 5.82 Å². The third-order valence-electron chi connectivity index (χ3n) is 8.38. The molecule has 2 aliphatic heterocycles. The average molecular weight is 502 g/mol. The maximum absolute atomic E-state index is 13.6. The lowest BCUT2D eigenvalue weighted by Crippen LogP contribution is -2.54. The molecule has 6 rings (SSSR count). The summed E-state index contributed by atoms with van der Waals surface area (Å²) < 4.78 is 15.5. The van der Waals surface area contributed by atoms with Crippen molar-refractivity contribution in [3.05, 3.63) is 78.3 Å². The number of halogens is 1. The largest absolute Gasteiger partial charge is 0.361 e. The number of piperazine rings is 1. The highest BCUT2D eigenvalue weighted by Crippen LogP contribution is 2.32. The van der Waals surface area contributed by atoms with Crippen molar-refractivity contribution in [3.8, 4) is 5.69 Å². The molecule has 0 saturated carbocycles. The molecule has 4 heterocycles. The van der Waals surface area contributed by atoms with Crippen LogP contribution < -0.4 is 0 Å². The monoisotopic (exact) mass is 501 g/mol. The van der Waals surface area contributed by atoms with Crippen molar-refractivity contribution in [2.24, 2.45) is 0 Å². The van der Waals surface area contributed by atoms with E-state index in [0.717, 1.165) is 45.0 Å². The van der Waals surface area contributed by atoms with E-state index < -0.39 is 0 Å². The van der Waals surface area contributed by atoms with E-state index in [1.807, 2.05) is 16.7 Å². The predicted molar refractivity (Wildman–Crippen MR) is 144 cm³/mol. The number of hydrogen-bond acceptors (Lipinski definition) is 5. The Bertz CT molecular complexity index is 1310. The molecule has 0 amide bonds. The van der Waals surface area contributed by atoms with Gasteiger partial charge in [-0.05, 0) is 80.4 Å². The Balaban J connectivity index is 1.11. The average Bonchev–Trinajstić information content (AvgIpc) is 3.60. The van der Waals surface area contributed by atoms with Gasteiger partial charge in [-0.2, -0.15) is 0 Å². The molecule has 2 unspecified atom stereocenters. The Morgan fingerprint density at radius 3 is 2.51 bits per heavy atom. The minimum absolute atomic E-state index is 0.160. The molecule has 0 bridgehead atoms. The first-order valence-corrected chi connectivity index (χ1v) is 13.4. The Labute approximate surface area is 217 Å². The van der Waals surface area contributed by atoms with Gasteiger partial charge >= 0.3 is 0 Å². The Morgan fingerprint density at radius 1 is 1.00 bits per heavy atom. The molecule has 0 aliphatic carbocycles. The van der Waals surface area contributed by atoms with Gasteiger partial charge in [0, 0.05) is 61.0 Å². The molecule has 0 spiro atoms. The molecular formula is C29H36FN7. The minimum atomic E-state index is -0.160. The smallest absolute Gasteiger partial charge is 0.123 e. The molecule has 2 aromatic heterocycles. The van der Waals surface area contributed by atoms with Crippen LogP contribution in [0.4, 0.5) is 4.39 Å². The van der Waals surface area contributed by atoms with E-state index in [1.165, 1.54) is 34.9 Å². The van der Waals surface area contributed by atoms with Gasteiger partial charge in [-0.15, -0.1) is 10.2 Å². The van der Waals surface area contributed by atoms with Crippen LogP contribution in [0.3, 0.4) is 0 Å². The molecule has 8 heteroatoms. The summed E-state index contributed by atoms with van der Waals surface area (Å²) in [6, 6.07) is 14.5. The van der Waals surface area contributed by atoms with E-state index in [4.69, 9.17) is 0 Å². The van der Waals surface area contributed by atoms with Crippen molar-refractivity contribution < 1.29 is 4.39 Å². The summed E-state index contributed by atoms with van der Waals surface area (Å²) in [6.45, 7) is 8.79. The number of fused-ring (bicyclic) bond motifs is 1. The first-order chi connectivity index (χ1) is 18.0. The lowest BCUT2D eigenvalue weighted by molar-refractivity contribution is 0.0215. The highest BCUT2D eigenvalue weighted by Gasteiger charge is 2.34. The van der Waals surface area contributed by atoms with E-state index in [9.17, 15) is 4.39 Å². The van der Waals surface area contributed by atoms with Crippen LogP contribution in [0.2, 0.25) is 0 Å². The number of aromatic nitrogens is 4. The Hall–Kier alpha value is -3.07. The third-order valence-corrected chi connectivity index (χ3v) is 8.38. The number of aromatic amines is 1. The Kier molecular flexibility index (Phi) is 6.80. The normalized spacial score (nSPS) is 21.5. The van der Waals surface area contributed by atoms with Crippen LogP contribution in [0.25, 0.3) is 16.6 Å². The van der Waals surface area contributed by atoms with Gasteiger partial charge in [0.15, 0.2) is 0 Å². The zero-order valence-corrected chi connectivity index (χ0v) is 21.7. The zero-order chi connectivity index (χ0) is 25.4. The summed E-state index contributed by atoms with van der Waals surface area (Å²) in [6.07, 6.45) is 8.01. The second-order valence-corrected chi connectivity index (χ2v) is 10.8. The highest BCUT2D eigenvalue weighted by molar-refractivity contribution is 5.85. The standard InChI is InChI=1S/C29H36FN7/c1-21(27-16-31-28-8-7-25(15-26(27)28)36-19-32-33-20-36)17-35-11-9-24(10-12-35)37-14-13-34(2)18-29(37)22-3-5-23(30)6-4-22/h3-8,15-16,19-21,24,29,31H,9-14,17-18H2,1-2H3. The predicted octanol–water partition coefficient (Wildman–Crippen LogP) is 4.44. The molecule has 1 N–H and O–H groups in total. The second kappa shape index (κ2) is 10.4. The molecule has 194 valence electrons. The maximum Gasteiger partial charge on any atom is 0.123 e.